The topological polar surface area (TPSA) is 24.7 Å². The van der Waals surface area contributed by atoms with E-state index in [1.807, 2.05) is 4.90 Å². The molecule has 0 radical (unpaired) electrons. The van der Waals surface area contributed by atoms with Crippen molar-refractivity contribution in [3.8, 4) is 11.1 Å². The van der Waals surface area contributed by atoms with Gasteiger partial charge in [-0.05, 0) is 67.3 Å². The number of amides is 1. The minimum absolute atomic E-state index is 0.120. The van der Waals surface area contributed by atoms with Crippen molar-refractivity contribution in [3.63, 3.8) is 0 Å². The van der Waals surface area contributed by atoms with Crippen LogP contribution in [-0.4, -0.2) is 16.3 Å². The highest BCUT2D eigenvalue weighted by Gasteiger charge is 2.28. The second kappa shape index (κ2) is 4.98. The van der Waals surface area contributed by atoms with Gasteiger partial charge >= 0.3 is 0 Å². The zero-order valence-electron chi connectivity index (χ0n) is 13.7. The maximum atomic E-state index is 11.8. The van der Waals surface area contributed by atoms with Crippen LogP contribution in [0.3, 0.4) is 0 Å². The molecule has 116 valence electrons. The highest BCUT2D eigenvalue weighted by atomic mass is 16.2. The van der Waals surface area contributed by atoms with E-state index in [1.165, 1.54) is 27.8 Å². The summed E-state index contributed by atoms with van der Waals surface area (Å²) >= 11 is 0. The van der Waals surface area contributed by atoms with Gasteiger partial charge in [-0.1, -0.05) is 6.07 Å². The zero-order valence-corrected chi connectivity index (χ0v) is 13.7. The Balaban J connectivity index is 1.78. The third-order valence-corrected chi connectivity index (χ3v) is 4.72. The predicted octanol–water partition coefficient (Wildman–Crippen LogP) is 4.21. The molecule has 1 aliphatic heterocycles. The number of hydrogen-bond acceptors (Lipinski definition) is 1. The molecule has 4 rings (SSSR count). The number of anilines is 1. The van der Waals surface area contributed by atoms with E-state index in [9.17, 15) is 4.79 Å². The summed E-state index contributed by atoms with van der Waals surface area (Å²) in [7, 11) is 0. The lowest BCUT2D eigenvalue weighted by molar-refractivity contribution is -0.116. The number of benzene rings is 1. The summed E-state index contributed by atoms with van der Waals surface area (Å²) in [5, 5.41) is 0. The van der Waals surface area contributed by atoms with Gasteiger partial charge in [-0.25, -0.2) is 0 Å². The molecular formula is C20H20N2O. The van der Waals surface area contributed by atoms with Gasteiger partial charge in [0.05, 0.1) is 0 Å². The van der Waals surface area contributed by atoms with E-state index in [0.717, 1.165) is 12.1 Å². The van der Waals surface area contributed by atoms with Crippen molar-refractivity contribution in [2.75, 3.05) is 4.90 Å². The average Bonchev–Trinajstić information content (AvgIpc) is 3.05. The van der Waals surface area contributed by atoms with Gasteiger partial charge in [0.25, 0.3) is 0 Å². The number of pyridine rings is 1. The largest absolute Gasteiger partial charge is 0.323 e. The highest BCUT2D eigenvalue weighted by molar-refractivity contribution is 5.95. The number of aryl methyl sites for hydroxylation is 1. The van der Waals surface area contributed by atoms with Crippen LogP contribution < -0.4 is 4.90 Å². The van der Waals surface area contributed by atoms with Gasteiger partial charge in [0.2, 0.25) is 5.91 Å². The lowest BCUT2D eigenvalue weighted by atomic mass is 10.0. The fraction of sp³-hybridized carbons (Fsp3) is 0.250. The number of carbonyl (C=O) groups is 1. The number of rotatable bonds is 1. The predicted molar refractivity (Wildman–Crippen MR) is 93.9 cm³/mol. The van der Waals surface area contributed by atoms with Gasteiger partial charge < -0.3 is 9.30 Å². The molecule has 3 heteroatoms. The molecule has 0 bridgehead atoms. The molecular weight excluding hydrogens is 284 g/mol. The molecule has 0 fully saturated rings. The van der Waals surface area contributed by atoms with Gasteiger partial charge in [0, 0.05) is 42.1 Å². The molecule has 3 heterocycles. The van der Waals surface area contributed by atoms with E-state index in [1.54, 1.807) is 6.92 Å². The molecule has 1 aromatic carbocycles. The molecule has 0 unspecified atom stereocenters. The van der Waals surface area contributed by atoms with Crippen LogP contribution in [-0.2, 0) is 11.2 Å². The Hall–Kier alpha value is -2.55. The quantitative estimate of drug-likeness (QED) is 0.661. The first-order valence-corrected chi connectivity index (χ1v) is 8.04. The van der Waals surface area contributed by atoms with Crippen molar-refractivity contribution in [2.45, 2.75) is 33.2 Å². The average molecular weight is 304 g/mol. The molecule has 2 aromatic heterocycles. The lowest BCUT2D eigenvalue weighted by Crippen LogP contribution is -2.33. The molecule has 1 amide bonds. The smallest absolute Gasteiger partial charge is 0.224 e. The van der Waals surface area contributed by atoms with Gasteiger partial charge in [-0.2, -0.15) is 0 Å². The monoisotopic (exact) mass is 304 g/mol. The summed E-state index contributed by atoms with van der Waals surface area (Å²) in [5.41, 5.74) is 7.22. The molecule has 0 spiro atoms. The van der Waals surface area contributed by atoms with Crippen molar-refractivity contribution < 1.29 is 4.79 Å². The molecule has 23 heavy (non-hydrogen) atoms. The Kier molecular flexibility index (Phi) is 3.05. The summed E-state index contributed by atoms with van der Waals surface area (Å²) < 4.78 is 2.15. The van der Waals surface area contributed by atoms with Crippen molar-refractivity contribution in [3.05, 3.63) is 59.9 Å². The summed E-state index contributed by atoms with van der Waals surface area (Å²) in [5.74, 6) is 0.120. The fourth-order valence-electron chi connectivity index (χ4n) is 3.67. The maximum Gasteiger partial charge on any atom is 0.224 e. The number of aromatic nitrogens is 1. The molecule has 0 aliphatic carbocycles. The van der Waals surface area contributed by atoms with E-state index < -0.39 is 0 Å². The summed E-state index contributed by atoms with van der Waals surface area (Å²) in [6.07, 6.45) is 5.19. The van der Waals surface area contributed by atoms with Gasteiger partial charge in [0.1, 0.15) is 0 Å². The minimum Gasteiger partial charge on any atom is -0.323 e. The number of carbonyl (C=O) groups excluding carboxylic acids is 1. The molecule has 3 nitrogen and oxygen atoms in total. The summed E-state index contributed by atoms with van der Waals surface area (Å²) in [6, 6.07) is 13.2. The Morgan fingerprint density at radius 3 is 2.74 bits per heavy atom. The first kappa shape index (κ1) is 14.1. The highest BCUT2D eigenvalue weighted by Crippen LogP contribution is 2.35. The Morgan fingerprint density at radius 1 is 1.13 bits per heavy atom. The molecule has 1 atom stereocenters. The molecule has 3 aromatic rings. The lowest BCUT2D eigenvalue weighted by Gasteiger charge is -2.20. The van der Waals surface area contributed by atoms with Gasteiger partial charge in [-0.15, -0.1) is 0 Å². The van der Waals surface area contributed by atoms with Crippen molar-refractivity contribution in [2.24, 2.45) is 0 Å². The van der Waals surface area contributed by atoms with Gasteiger partial charge in [0.15, 0.2) is 0 Å². The van der Waals surface area contributed by atoms with Crippen LogP contribution in [0.4, 0.5) is 5.69 Å². The summed E-state index contributed by atoms with van der Waals surface area (Å²) in [6.45, 7) is 5.86. The second-order valence-electron chi connectivity index (χ2n) is 6.55. The minimum atomic E-state index is 0.120. The number of fused-ring (bicyclic) bond motifs is 2. The van der Waals surface area contributed by atoms with Crippen LogP contribution in [0.2, 0.25) is 0 Å². The van der Waals surface area contributed by atoms with Crippen LogP contribution in [0.15, 0.2) is 48.8 Å². The third kappa shape index (κ3) is 2.24. The van der Waals surface area contributed by atoms with Crippen molar-refractivity contribution in [1.82, 2.24) is 4.40 Å². The fourth-order valence-corrected chi connectivity index (χ4v) is 3.67. The summed E-state index contributed by atoms with van der Waals surface area (Å²) in [4.78, 5) is 13.7. The van der Waals surface area contributed by atoms with Crippen LogP contribution >= 0.6 is 0 Å². The zero-order chi connectivity index (χ0) is 16.1. The van der Waals surface area contributed by atoms with E-state index in [-0.39, 0.29) is 11.9 Å². The van der Waals surface area contributed by atoms with Crippen LogP contribution in [0.25, 0.3) is 16.6 Å². The molecule has 0 saturated heterocycles. The molecule has 0 N–H and O–H groups in total. The third-order valence-electron chi connectivity index (χ3n) is 4.72. The van der Waals surface area contributed by atoms with E-state index in [2.05, 4.69) is 67.0 Å². The Bertz CT molecular complexity index is 923. The number of nitrogens with zero attached hydrogens (tertiary/aromatic N) is 2. The van der Waals surface area contributed by atoms with E-state index in [0.29, 0.717) is 0 Å². The van der Waals surface area contributed by atoms with Crippen molar-refractivity contribution in [1.29, 1.82) is 0 Å². The first-order valence-electron chi connectivity index (χ1n) is 8.04. The van der Waals surface area contributed by atoms with Gasteiger partial charge in [-0.3, -0.25) is 4.79 Å². The Morgan fingerprint density at radius 2 is 1.96 bits per heavy atom. The maximum absolute atomic E-state index is 11.8. The van der Waals surface area contributed by atoms with Crippen molar-refractivity contribution >= 4 is 17.1 Å². The molecule has 0 saturated carbocycles. The SMILES string of the molecule is CC(=O)N1c2ccc(-c3cc4cc(C)ccn4c3)cc2C[C@H]1C. The Labute approximate surface area is 136 Å². The first-order chi connectivity index (χ1) is 11.0. The van der Waals surface area contributed by atoms with E-state index >= 15 is 0 Å². The normalized spacial score (nSPS) is 16.8. The standard InChI is InChI=1S/C20H20N2O/c1-13-6-7-21-12-18(11-19(21)8-13)16-4-5-20-17(10-16)9-14(2)22(20)15(3)23/h4-8,10-12,14H,9H2,1-3H3/t14-/m1/s1. The van der Waals surface area contributed by atoms with Crippen LogP contribution in [0.1, 0.15) is 25.0 Å². The van der Waals surface area contributed by atoms with Crippen LogP contribution in [0, 0.1) is 6.92 Å². The second-order valence-corrected chi connectivity index (χ2v) is 6.55. The van der Waals surface area contributed by atoms with E-state index in [4.69, 9.17) is 0 Å². The van der Waals surface area contributed by atoms with Crippen LogP contribution in [0.5, 0.6) is 0 Å². The number of hydrogen-bond donors (Lipinski definition) is 0. The molecule has 1 aliphatic rings.